The van der Waals surface area contributed by atoms with E-state index in [1.165, 1.54) is 0 Å². The third-order valence-corrected chi connectivity index (χ3v) is 5.68. The van der Waals surface area contributed by atoms with Crippen LogP contribution in [-0.2, 0) is 19.3 Å². The molecule has 0 spiro atoms. The van der Waals surface area contributed by atoms with Gasteiger partial charge in [0.2, 0.25) is 15.0 Å². The number of fused-ring (bicyclic) bond motifs is 1. The number of rotatable bonds is 4. The Bertz CT molecular complexity index is 780. The zero-order valence-electron chi connectivity index (χ0n) is 15.1. The molecule has 9 heteroatoms. The summed E-state index contributed by atoms with van der Waals surface area (Å²) in [7, 11) is -3.51. The molecule has 2 heterocycles. The number of anilines is 1. The second-order valence-electron chi connectivity index (χ2n) is 7.33. The fourth-order valence-electron chi connectivity index (χ4n) is 3.49. The molecule has 2 fully saturated rings. The van der Waals surface area contributed by atoms with Crippen molar-refractivity contribution in [3.05, 3.63) is 11.3 Å². The van der Waals surface area contributed by atoms with Gasteiger partial charge in [-0.1, -0.05) is 0 Å². The highest BCUT2D eigenvalue weighted by atomic mass is 32.2. The number of hydrogen-bond donors (Lipinski definition) is 2. The average molecular weight is 371 g/mol. The van der Waals surface area contributed by atoms with Crippen LogP contribution < -0.4 is 5.32 Å². The molecule has 3 rings (SSSR count). The van der Waals surface area contributed by atoms with E-state index in [4.69, 9.17) is 9.47 Å². The van der Waals surface area contributed by atoms with Crippen LogP contribution >= 0.6 is 0 Å². The van der Waals surface area contributed by atoms with Crippen LogP contribution in [0.4, 0.5) is 5.82 Å². The molecule has 0 bridgehead atoms. The summed E-state index contributed by atoms with van der Waals surface area (Å²) in [6, 6.07) is -0.135. The minimum Gasteiger partial charge on any atom is -0.396 e. The monoisotopic (exact) mass is 371 g/mol. The summed E-state index contributed by atoms with van der Waals surface area (Å²) in [5.74, 6) is -0.275. The Balaban J connectivity index is 1.91. The van der Waals surface area contributed by atoms with Crippen LogP contribution in [0.5, 0.6) is 0 Å². The second kappa shape index (κ2) is 6.15. The molecule has 1 aliphatic carbocycles. The van der Waals surface area contributed by atoms with Gasteiger partial charge in [-0.05, 0) is 34.1 Å². The van der Waals surface area contributed by atoms with Crippen molar-refractivity contribution in [3.8, 4) is 0 Å². The van der Waals surface area contributed by atoms with Gasteiger partial charge in [-0.2, -0.15) is 0 Å². The summed E-state index contributed by atoms with van der Waals surface area (Å²) in [5.41, 5.74) is 1.39. The van der Waals surface area contributed by atoms with E-state index < -0.39 is 15.6 Å². The Morgan fingerprint density at radius 1 is 1.24 bits per heavy atom. The van der Waals surface area contributed by atoms with E-state index in [2.05, 4.69) is 15.3 Å². The van der Waals surface area contributed by atoms with Crippen LogP contribution in [0.25, 0.3) is 0 Å². The van der Waals surface area contributed by atoms with Crippen molar-refractivity contribution < 1.29 is 23.0 Å². The highest BCUT2D eigenvalue weighted by Gasteiger charge is 2.53. The Morgan fingerprint density at radius 3 is 2.48 bits per heavy atom. The molecule has 4 atom stereocenters. The molecular weight excluding hydrogens is 346 g/mol. The first-order chi connectivity index (χ1) is 11.5. The van der Waals surface area contributed by atoms with Crippen molar-refractivity contribution in [1.82, 2.24) is 9.97 Å². The predicted octanol–water partition coefficient (Wildman–Crippen LogP) is 0.810. The van der Waals surface area contributed by atoms with E-state index in [9.17, 15) is 13.5 Å². The molecule has 1 saturated heterocycles. The molecule has 0 aromatic carbocycles. The fraction of sp³-hybridized carbons (Fsp3) is 0.750. The zero-order valence-corrected chi connectivity index (χ0v) is 15.9. The van der Waals surface area contributed by atoms with Gasteiger partial charge in [0.25, 0.3) is 0 Å². The molecule has 1 aromatic rings. The molecule has 8 nitrogen and oxygen atoms in total. The summed E-state index contributed by atoms with van der Waals surface area (Å²) in [4.78, 5) is 8.27. The van der Waals surface area contributed by atoms with Crippen LogP contribution in [0.15, 0.2) is 5.16 Å². The average Bonchev–Trinajstić information content (AvgIpc) is 2.96. The summed E-state index contributed by atoms with van der Waals surface area (Å²) < 4.78 is 35.6. The summed E-state index contributed by atoms with van der Waals surface area (Å²) in [6.45, 7) is 7.30. The number of hydrogen-bond acceptors (Lipinski definition) is 8. The first-order valence-electron chi connectivity index (χ1n) is 8.30. The maximum Gasteiger partial charge on any atom is 0.248 e. The van der Waals surface area contributed by atoms with E-state index in [1.807, 2.05) is 20.8 Å². The van der Waals surface area contributed by atoms with E-state index in [1.54, 1.807) is 6.92 Å². The lowest BCUT2D eigenvalue weighted by molar-refractivity contribution is -0.158. The van der Waals surface area contributed by atoms with Crippen LogP contribution in [0.2, 0.25) is 0 Å². The van der Waals surface area contributed by atoms with Crippen molar-refractivity contribution in [2.45, 2.75) is 63.3 Å². The number of nitrogens with zero attached hydrogens (tertiary/aromatic N) is 2. The highest BCUT2D eigenvalue weighted by molar-refractivity contribution is 7.90. The molecule has 0 amide bonds. The molecule has 1 aliphatic heterocycles. The van der Waals surface area contributed by atoms with E-state index >= 15 is 0 Å². The van der Waals surface area contributed by atoms with E-state index in [0.29, 0.717) is 17.9 Å². The van der Waals surface area contributed by atoms with Gasteiger partial charge in [0, 0.05) is 30.0 Å². The van der Waals surface area contributed by atoms with Gasteiger partial charge >= 0.3 is 0 Å². The minimum absolute atomic E-state index is 0.00909. The number of aliphatic hydroxyl groups is 1. The standard InChI is InChI=1S/C16H25N3O5S/c1-8-9(2)17-15(25(5,21)22)19-14(8)18-11-6-10(7-20)12-13(11)24-16(3,4)23-12/h10-13,20H,6-7H2,1-5H3,(H,17,18,19). The Kier molecular flexibility index (Phi) is 4.55. The van der Waals surface area contributed by atoms with Gasteiger partial charge in [0.15, 0.2) is 5.79 Å². The van der Waals surface area contributed by atoms with Crippen molar-refractivity contribution in [2.24, 2.45) is 5.92 Å². The van der Waals surface area contributed by atoms with Crippen LogP contribution in [0.3, 0.4) is 0 Å². The second-order valence-corrected chi connectivity index (χ2v) is 9.24. The quantitative estimate of drug-likeness (QED) is 0.748. The van der Waals surface area contributed by atoms with Crippen LogP contribution in [0, 0.1) is 19.8 Å². The Labute approximate surface area is 147 Å². The largest absolute Gasteiger partial charge is 0.396 e. The molecule has 2 N–H and O–H groups in total. The smallest absolute Gasteiger partial charge is 0.248 e. The maximum atomic E-state index is 11.8. The van der Waals surface area contributed by atoms with E-state index in [0.717, 1.165) is 11.8 Å². The molecule has 1 saturated carbocycles. The predicted molar refractivity (Wildman–Crippen MR) is 91.0 cm³/mol. The van der Waals surface area contributed by atoms with Gasteiger partial charge in [-0.3, -0.25) is 0 Å². The van der Waals surface area contributed by atoms with Gasteiger partial charge in [-0.15, -0.1) is 0 Å². The molecule has 25 heavy (non-hydrogen) atoms. The lowest BCUT2D eigenvalue weighted by Gasteiger charge is -2.24. The lowest BCUT2D eigenvalue weighted by Crippen LogP contribution is -2.35. The van der Waals surface area contributed by atoms with Gasteiger partial charge in [0.1, 0.15) is 11.9 Å². The Morgan fingerprint density at radius 2 is 1.88 bits per heavy atom. The van der Waals surface area contributed by atoms with Gasteiger partial charge in [-0.25, -0.2) is 18.4 Å². The number of nitrogens with one attached hydrogen (secondary N) is 1. The molecule has 140 valence electrons. The minimum atomic E-state index is -3.51. The normalized spacial score (nSPS) is 31.1. The molecule has 4 unspecified atom stereocenters. The third-order valence-electron chi connectivity index (χ3n) is 4.84. The number of aromatic nitrogens is 2. The fourth-order valence-corrected chi connectivity index (χ4v) is 4.05. The lowest BCUT2D eigenvalue weighted by atomic mass is 10.1. The molecule has 1 aromatic heterocycles. The molecule has 0 radical (unpaired) electrons. The van der Waals surface area contributed by atoms with Crippen molar-refractivity contribution >= 4 is 15.7 Å². The van der Waals surface area contributed by atoms with Gasteiger partial charge < -0.3 is 19.9 Å². The third kappa shape index (κ3) is 3.51. The van der Waals surface area contributed by atoms with Crippen molar-refractivity contribution in [2.75, 3.05) is 18.2 Å². The highest BCUT2D eigenvalue weighted by Crippen LogP contribution is 2.42. The zero-order chi connectivity index (χ0) is 18.6. The first kappa shape index (κ1) is 18.5. The first-order valence-corrected chi connectivity index (χ1v) is 10.2. The maximum absolute atomic E-state index is 11.8. The number of ether oxygens (including phenoxy) is 2. The number of aliphatic hydroxyl groups excluding tert-OH is 1. The van der Waals surface area contributed by atoms with Crippen molar-refractivity contribution in [3.63, 3.8) is 0 Å². The summed E-state index contributed by atoms with van der Waals surface area (Å²) in [6.07, 6.45) is 1.31. The van der Waals surface area contributed by atoms with E-state index in [-0.39, 0.29) is 35.9 Å². The molecular formula is C16H25N3O5S. The van der Waals surface area contributed by atoms with Gasteiger partial charge in [0.05, 0.1) is 12.1 Å². The Hall–Kier alpha value is -1.29. The van der Waals surface area contributed by atoms with Crippen LogP contribution in [-0.4, -0.2) is 60.4 Å². The SMILES string of the molecule is Cc1nc(S(C)(=O)=O)nc(NC2CC(CO)C3OC(C)(C)OC23)c1C. The number of aryl methyl sites for hydroxylation is 1. The summed E-state index contributed by atoms with van der Waals surface area (Å²) in [5, 5.41) is 12.8. The topological polar surface area (TPSA) is 111 Å². The molecule has 2 aliphatic rings. The summed E-state index contributed by atoms with van der Waals surface area (Å²) >= 11 is 0. The van der Waals surface area contributed by atoms with Crippen LogP contribution in [0.1, 0.15) is 31.5 Å². The number of sulfone groups is 1. The van der Waals surface area contributed by atoms with Crippen molar-refractivity contribution in [1.29, 1.82) is 0 Å².